The molecule has 1 amide bonds. The van der Waals surface area contributed by atoms with Gasteiger partial charge in [0.1, 0.15) is 0 Å². The van der Waals surface area contributed by atoms with Gasteiger partial charge in [-0.25, -0.2) is 0 Å². The van der Waals surface area contributed by atoms with E-state index >= 15 is 0 Å². The maximum atomic E-state index is 11.6. The van der Waals surface area contributed by atoms with E-state index in [0.717, 1.165) is 44.5 Å². The quantitative estimate of drug-likeness (QED) is 0.216. The van der Waals surface area contributed by atoms with Crippen LogP contribution in [0, 0.1) is 5.92 Å². The van der Waals surface area contributed by atoms with Gasteiger partial charge >= 0.3 is 0 Å². The van der Waals surface area contributed by atoms with Gasteiger partial charge in [-0.2, -0.15) is 0 Å². The van der Waals surface area contributed by atoms with E-state index in [1.165, 1.54) is 25.7 Å². The van der Waals surface area contributed by atoms with E-state index in [1.807, 2.05) is 0 Å². The summed E-state index contributed by atoms with van der Waals surface area (Å²) >= 11 is 0. The van der Waals surface area contributed by atoms with Crippen LogP contribution in [0.15, 0.2) is 4.99 Å². The summed E-state index contributed by atoms with van der Waals surface area (Å²) in [6.07, 6.45) is 7.51. The Morgan fingerprint density at radius 3 is 2.38 bits per heavy atom. The number of guanidine groups is 1. The van der Waals surface area contributed by atoms with Crippen LogP contribution in [0.1, 0.15) is 45.4 Å². The van der Waals surface area contributed by atoms with Crippen molar-refractivity contribution in [2.24, 2.45) is 10.9 Å². The summed E-state index contributed by atoms with van der Waals surface area (Å²) in [7, 11) is 2.21. The van der Waals surface area contributed by atoms with Crippen molar-refractivity contribution in [3.63, 3.8) is 0 Å². The van der Waals surface area contributed by atoms with Crippen molar-refractivity contribution >= 4 is 35.8 Å². The minimum Gasteiger partial charge on any atom is -0.357 e. The lowest BCUT2D eigenvalue weighted by Gasteiger charge is -2.23. The molecule has 0 atom stereocenters. The molecule has 0 spiro atoms. The summed E-state index contributed by atoms with van der Waals surface area (Å²) < 4.78 is 0. The highest BCUT2D eigenvalue weighted by Gasteiger charge is 2.28. The summed E-state index contributed by atoms with van der Waals surface area (Å²) in [6, 6.07) is 0.748. The van der Waals surface area contributed by atoms with E-state index in [1.54, 1.807) is 0 Å². The third-order valence-corrected chi connectivity index (χ3v) is 4.68. The average Bonchev–Trinajstić information content (AvgIpc) is 3.25. The van der Waals surface area contributed by atoms with Gasteiger partial charge in [-0.15, -0.1) is 24.0 Å². The molecule has 0 aromatic heterocycles. The molecular formula is C17H34IN5O. The number of likely N-dealkylation sites (N-methyl/N-ethyl adjacent to an activating group) is 1. The molecule has 0 aromatic carbocycles. The highest BCUT2D eigenvalue weighted by Crippen LogP contribution is 2.28. The van der Waals surface area contributed by atoms with E-state index in [0.29, 0.717) is 13.1 Å². The van der Waals surface area contributed by atoms with Gasteiger partial charge in [-0.1, -0.05) is 12.8 Å². The van der Waals surface area contributed by atoms with Crippen LogP contribution in [0.4, 0.5) is 0 Å². The third kappa shape index (κ3) is 8.00. The van der Waals surface area contributed by atoms with Crippen molar-refractivity contribution in [3.8, 4) is 0 Å². The van der Waals surface area contributed by atoms with E-state index in [2.05, 4.69) is 39.8 Å². The Hall–Kier alpha value is -0.570. The van der Waals surface area contributed by atoms with E-state index in [9.17, 15) is 4.79 Å². The van der Waals surface area contributed by atoms with Crippen LogP contribution in [0.3, 0.4) is 0 Å². The van der Waals surface area contributed by atoms with Crippen molar-refractivity contribution in [2.45, 2.75) is 51.5 Å². The molecule has 0 heterocycles. The van der Waals surface area contributed by atoms with Crippen LogP contribution in [0.25, 0.3) is 0 Å². The van der Waals surface area contributed by atoms with Crippen molar-refractivity contribution < 1.29 is 4.79 Å². The predicted octanol–water partition coefficient (Wildman–Crippen LogP) is 1.56. The van der Waals surface area contributed by atoms with Crippen molar-refractivity contribution in [1.29, 1.82) is 0 Å². The Morgan fingerprint density at radius 2 is 1.75 bits per heavy atom. The third-order valence-electron chi connectivity index (χ3n) is 4.68. The second-order valence-corrected chi connectivity index (χ2v) is 6.67. The Labute approximate surface area is 163 Å². The topological polar surface area (TPSA) is 68.8 Å². The molecule has 2 aliphatic rings. The molecule has 0 saturated heterocycles. The van der Waals surface area contributed by atoms with Crippen molar-refractivity contribution in [3.05, 3.63) is 0 Å². The number of hydrogen-bond acceptors (Lipinski definition) is 3. The molecule has 140 valence electrons. The van der Waals surface area contributed by atoms with E-state index in [-0.39, 0.29) is 35.8 Å². The molecule has 2 rings (SSSR count). The summed E-state index contributed by atoms with van der Waals surface area (Å²) in [6.45, 7) is 6.08. The second-order valence-electron chi connectivity index (χ2n) is 6.67. The molecule has 0 unspecified atom stereocenters. The zero-order chi connectivity index (χ0) is 16.5. The van der Waals surface area contributed by atoms with Gasteiger partial charge in [0.25, 0.3) is 0 Å². The molecule has 3 N–H and O–H groups in total. The summed E-state index contributed by atoms with van der Waals surface area (Å²) in [5, 5.41) is 9.50. The Morgan fingerprint density at radius 1 is 1.08 bits per heavy atom. The van der Waals surface area contributed by atoms with Gasteiger partial charge in [0, 0.05) is 38.1 Å². The van der Waals surface area contributed by atoms with Crippen LogP contribution < -0.4 is 16.0 Å². The number of carbonyl (C=O) groups is 1. The lowest BCUT2D eigenvalue weighted by Crippen LogP contribution is -2.42. The molecule has 0 aliphatic heterocycles. The first kappa shape index (κ1) is 21.5. The lowest BCUT2D eigenvalue weighted by molar-refractivity contribution is -0.122. The number of aliphatic imine (C=N–C) groups is 1. The first-order valence-electron chi connectivity index (χ1n) is 9.21. The molecule has 2 fully saturated rings. The second kappa shape index (κ2) is 11.9. The van der Waals surface area contributed by atoms with Crippen molar-refractivity contribution in [1.82, 2.24) is 20.9 Å². The molecule has 0 radical (unpaired) electrons. The number of hydrogen-bond donors (Lipinski definition) is 3. The zero-order valence-corrected chi connectivity index (χ0v) is 17.5. The first-order valence-corrected chi connectivity index (χ1v) is 9.21. The fourth-order valence-corrected chi connectivity index (χ4v) is 3.05. The number of carbonyl (C=O) groups excluding carboxylic acids is 1. The molecule has 2 aliphatic carbocycles. The number of rotatable bonds is 9. The highest BCUT2D eigenvalue weighted by atomic mass is 127. The zero-order valence-electron chi connectivity index (χ0n) is 15.1. The Balaban J connectivity index is 0.00000288. The molecule has 24 heavy (non-hydrogen) atoms. The maximum Gasteiger partial charge on any atom is 0.223 e. The molecular weight excluding hydrogens is 417 g/mol. The summed E-state index contributed by atoms with van der Waals surface area (Å²) in [5.41, 5.74) is 0. The van der Waals surface area contributed by atoms with Crippen LogP contribution >= 0.6 is 24.0 Å². The Bertz CT molecular complexity index is 394. The van der Waals surface area contributed by atoms with E-state index < -0.39 is 0 Å². The fraction of sp³-hybridized carbons (Fsp3) is 0.882. The number of amides is 1. The molecule has 6 nitrogen and oxygen atoms in total. The van der Waals surface area contributed by atoms with Crippen molar-refractivity contribution in [2.75, 3.05) is 39.8 Å². The van der Waals surface area contributed by atoms with Crippen LogP contribution in [-0.4, -0.2) is 62.6 Å². The molecule has 0 aromatic rings. The highest BCUT2D eigenvalue weighted by molar-refractivity contribution is 14.0. The lowest BCUT2D eigenvalue weighted by atomic mass is 10.2. The van der Waals surface area contributed by atoms with Gasteiger partial charge in [0.05, 0.1) is 6.54 Å². The fourth-order valence-electron chi connectivity index (χ4n) is 3.05. The standard InChI is InChI=1S/C17H33N5O.HI/c1-3-18-17(20-11-10-19-16(23)14-8-9-14)21-12-13-22(2)15-6-4-5-7-15;/h14-15H,3-13H2,1-2H3,(H,19,23)(H2,18,20,21);1H. The van der Waals surface area contributed by atoms with Crippen LogP contribution in [-0.2, 0) is 4.79 Å². The number of nitrogens with one attached hydrogen (secondary N) is 3. The first-order chi connectivity index (χ1) is 11.2. The summed E-state index contributed by atoms with van der Waals surface area (Å²) in [5.74, 6) is 1.32. The molecule has 7 heteroatoms. The van der Waals surface area contributed by atoms with Crippen LogP contribution in [0.2, 0.25) is 0 Å². The average molecular weight is 451 g/mol. The SMILES string of the molecule is CCNC(=NCCN(C)C1CCCC1)NCCNC(=O)C1CC1.I. The Kier molecular flexibility index (Phi) is 10.6. The van der Waals surface area contributed by atoms with Gasteiger partial charge in [-0.3, -0.25) is 9.79 Å². The minimum atomic E-state index is 0. The molecule has 2 saturated carbocycles. The van der Waals surface area contributed by atoms with Gasteiger partial charge in [-0.05, 0) is 39.7 Å². The largest absolute Gasteiger partial charge is 0.357 e. The molecule has 0 bridgehead atoms. The van der Waals surface area contributed by atoms with E-state index in [4.69, 9.17) is 0 Å². The monoisotopic (exact) mass is 451 g/mol. The number of nitrogens with zero attached hydrogens (tertiary/aromatic N) is 2. The smallest absolute Gasteiger partial charge is 0.223 e. The maximum absolute atomic E-state index is 11.6. The normalized spacial score (nSPS) is 18.4. The summed E-state index contributed by atoms with van der Waals surface area (Å²) in [4.78, 5) is 18.6. The van der Waals surface area contributed by atoms with Crippen LogP contribution in [0.5, 0.6) is 0 Å². The van der Waals surface area contributed by atoms with Gasteiger partial charge in [0.2, 0.25) is 5.91 Å². The van der Waals surface area contributed by atoms with Gasteiger partial charge < -0.3 is 20.9 Å². The number of halogens is 1. The van der Waals surface area contributed by atoms with Gasteiger partial charge in [0.15, 0.2) is 5.96 Å². The predicted molar refractivity (Wildman–Crippen MR) is 110 cm³/mol. The minimum absolute atomic E-state index is 0.